The molecule has 0 aliphatic heterocycles. The standard InChI is InChI=1S/C13H23BrN2S/c1-10(2)16(4)7-5-6-15-9-12-8-13(14)11(3)17-12/h8,10,15H,5-7,9H2,1-4H3. The summed E-state index contributed by atoms with van der Waals surface area (Å²) in [5.74, 6) is 0. The summed E-state index contributed by atoms with van der Waals surface area (Å²) < 4.78 is 1.24. The van der Waals surface area contributed by atoms with Crippen LogP contribution in [-0.2, 0) is 6.54 Å². The predicted octanol–water partition coefficient (Wildman–Crippen LogP) is 3.64. The maximum absolute atomic E-state index is 3.55. The molecular formula is C13H23BrN2S. The Balaban J connectivity index is 2.12. The van der Waals surface area contributed by atoms with Crippen LogP contribution < -0.4 is 5.32 Å². The van der Waals surface area contributed by atoms with Gasteiger partial charge in [-0.2, -0.15) is 0 Å². The van der Waals surface area contributed by atoms with Crippen molar-refractivity contribution in [2.75, 3.05) is 20.1 Å². The van der Waals surface area contributed by atoms with Gasteiger partial charge in [0.1, 0.15) is 0 Å². The average molecular weight is 319 g/mol. The molecule has 0 amide bonds. The Kier molecular flexibility index (Phi) is 6.70. The van der Waals surface area contributed by atoms with E-state index in [1.54, 1.807) is 0 Å². The highest BCUT2D eigenvalue weighted by Gasteiger charge is 2.03. The molecule has 0 saturated carbocycles. The second-order valence-corrected chi connectivity index (χ2v) is 6.92. The Morgan fingerprint density at radius 3 is 2.71 bits per heavy atom. The van der Waals surface area contributed by atoms with Gasteiger partial charge in [0.15, 0.2) is 0 Å². The van der Waals surface area contributed by atoms with E-state index in [-0.39, 0.29) is 0 Å². The molecule has 17 heavy (non-hydrogen) atoms. The molecule has 1 rings (SSSR count). The molecule has 4 heteroatoms. The largest absolute Gasteiger partial charge is 0.312 e. The normalized spacial score (nSPS) is 11.7. The van der Waals surface area contributed by atoms with E-state index in [4.69, 9.17) is 0 Å². The molecule has 0 bridgehead atoms. The maximum Gasteiger partial charge on any atom is 0.0314 e. The minimum absolute atomic E-state index is 0.644. The molecular weight excluding hydrogens is 296 g/mol. The second kappa shape index (κ2) is 7.52. The molecule has 1 aromatic heterocycles. The Labute approximate surface area is 118 Å². The quantitative estimate of drug-likeness (QED) is 0.772. The van der Waals surface area contributed by atoms with Gasteiger partial charge in [-0.3, -0.25) is 0 Å². The number of aryl methyl sites for hydroxylation is 1. The highest BCUT2D eigenvalue weighted by atomic mass is 79.9. The van der Waals surface area contributed by atoms with E-state index in [1.165, 1.54) is 20.6 Å². The van der Waals surface area contributed by atoms with Crippen molar-refractivity contribution in [3.8, 4) is 0 Å². The zero-order valence-corrected chi connectivity index (χ0v) is 13.6. The number of thiophene rings is 1. The van der Waals surface area contributed by atoms with Crippen molar-refractivity contribution in [1.29, 1.82) is 0 Å². The van der Waals surface area contributed by atoms with Crippen molar-refractivity contribution in [1.82, 2.24) is 10.2 Å². The molecule has 1 heterocycles. The van der Waals surface area contributed by atoms with Crippen molar-refractivity contribution >= 4 is 27.3 Å². The van der Waals surface area contributed by atoms with Gasteiger partial charge < -0.3 is 10.2 Å². The zero-order chi connectivity index (χ0) is 12.8. The molecule has 0 spiro atoms. The topological polar surface area (TPSA) is 15.3 Å². The van der Waals surface area contributed by atoms with Gasteiger partial charge in [0.05, 0.1) is 0 Å². The van der Waals surface area contributed by atoms with Gasteiger partial charge in [0.2, 0.25) is 0 Å². The summed E-state index contributed by atoms with van der Waals surface area (Å²) in [5.41, 5.74) is 0. The fourth-order valence-corrected chi connectivity index (χ4v) is 3.10. The molecule has 0 atom stereocenters. The number of hydrogen-bond donors (Lipinski definition) is 1. The van der Waals surface area contributed by atoms with Crippen LogP contribution in [-0.4, -0.2) is 31.1 Å². The lowest BCUT2D eigenvalue weighted by atomic mass is 10.3. The van der Waals surface area contributed by atoms with E-state index >= 15 is 0 Å². The van der Waals surface area contributed by atoms with Crippen molar-refractivity contribution < 1.29 is 0 Å². The van der Waals surface area contributed by atoms with E-state index in [1.807, 2.05) is 11.3 Å². The number of nitrogens with one attached hydrogen (secondary N) is 1. The van der Waals surface area contributed by atoms with E-state index in [0.717, 1.165) is 19.6 Å². The summed E-state index contributed by atoms with van der Waals surface area (Å²) >= 11 is 5.41. The minimum atomic E-state index is 0.644. The summed E-state index contributed by atoms with van der Waals surface area (Å²) in [6.07, 6.45) is 1.21. The third kappa shape index (κ3) is 5.51. The van der Waals surface area contributed by atoms with Crippen LogP contribution in [0, 0.1) is 6.92 Å². The number of hydrogen-bond acceptors (Lipinski definition) is 3. The third-order valence-electron chi connectivity index (χ3n) is 2.95. The van der Waals surface area contributed by atoms with Crippen LogP contribution in [0.4, 0.5) is 0 Å². The number of halogens is 1. The Morgan fingerprint density at radius 2 is 2.18 bits per heavy atom. The van der Waals surface area contributed by atoms with Gasteiger partial charge in [0, 0.05) is 26.8 Å². The Bertz CT molecular complexity index is 317. The maximum atomic E-state index is 3.55. The van der Waals surface area contributed by atoms with Crippen LogP contribution >= 0.6 is 27.3 Å². The fourth-order valence-electron chi connectivity index (χ4n) is 1.53. The molecule has 2 nitrogen and oxygen atoms in total. The first-order valence-electron chi connectivity index (χ1n) is 6.16. The lowest BCUT2D eigenvalue weighted by Crippen LogP contribution is -2.29. The molecule has 1 aromatic rings. The summed E-state index contributed by atoms with van der Waals surface area (Å²) in [5, 5.41) is 3.50. The van der Waals surface area contributed by atoms with Gasteiger partial charge in [-0.15, -0.1) is 11.3 Å². The van der Waals surface area contributed by atoms with Crippen LogP contribution in [0.15, 0.2) is 10.5 Å². The average Bonchev–Trinajstić information content (AvgIpc) is 2.57. The van der Waals surface area contributed by atoms with Crippen molar-refractivity contribution in [2.24, 2.45) is 0 Å². The molecule has 0 unspecified atom stereocenters. The molecule has 0 aromatic carbocycles. The van der Waals surface area contributed by atoms with Crippen LogP contribution in [0.5, 0.6) is 0 Å². The summed E-state index contributed by atoms with van der Waals surface area (Å²) in [6, 6.07) is 2.86. The van der Waals surface area contributed by atoms with Crippen LogP contribution in [0.3, 0.4) is 0 Å². The highest BCUT2D eigenvalue weighted by molar-refractivity contribution is 9.10. The van der Waals surface area contributed by atoms with Crippen LogP contribution in [0.2, 0.25) is 0 Å². The van der Waals surface area contributed by atoms with E-state index < -0.39 is 0 Å². The minimum Gasteiger partial charge on any atom is -0.312 e. The predicted molar refractivity (Wildman–Crippen MR) is 80.8 cm³/mol. The number of rotatable bonds is 7. The molecule has 1 N–H and O–H groups in total. The third-order valence-corrected chi connectivity index (χ3v) is 5.09. The smallest absolute Gasteiger partial charge is 0.0314 e. The summed E-state index contributed by atoms with van der Waals surface area (Å²) in [4.78, 5) is 5.15. The van der Waals surface area contributed by atoms with Crippen LogP contribution in [0.1, 0.15) is 30.0 Å². The summed E-state index contributed by atoms with van der Waals surface area (Å²) in [7, 11) is 2.18. The van der Waals surface area contributed by atoms with Gasteiger partial charge >= 0.3 is 0 Å². The zero-order valence-electron chi connectivity index (χ0n) is 11.2. The Morgan fingerprint density at radius 1 is 1.47 bits per heavy atom. The van der Waals surface area contributed by atoms with Crippen molar-refractivity contribution in [3.05, 3.63) is 20.3 Å². The van der Waals surface area contributed by atoms with E-state index in [9.17, 15) is 0 Å². The molecule has 98 valence electrons. The molecule has 0 radical (unpaired) electrons. The fraction of sp³-hybridized carbons (Fsp3) is 0.692. The first-order chi connectivity index (χ1) is 8.00. The van der Waals surface area contributed by atoms with Crippen molar-refractivity contribution in [3.63, 3.8) is 0 Å². The molecule has 0 saturated heterocycles. The second-order valence-electron chi connectivity index (χ2n) is 4.72. The summed E-state index contributed by atoms with van der Waals surface area (Å²) in [6.45, 7) is 9.86. The van der Waals surface area contributed by atoms with E-state index in [2.05, 4.69) is 60.0 Å². The monoisotopic (exact) mass is 318 g/mol. The first-order valence-corrected chi connectivity index (χ1v) is 7.77. The van der Waals surface area contributed by atoms with Gasteiger partial charge in [0.25, 0.3) is 0 Å². The van der Waals surface area contributed by atoms with Crippen molar-refractivity contribution in [2.45, 2.75) is 39.8 Å². The van der Waals surface area contributed by atoms with Gasteiger partial charge in [-0.05, 0) is 69.3 Å². The number of nitrogens with zero attached hydrogens (tertiary/aromatic N) is 1. The highest BCUT2D eigenvalue weighted by Crippen LogP contribution is 2.25. The van der Waals surface area contributed by atoms with Crippen LogP contribution in [0.25, 0.3) is 0 Å². The molecule has 0 aliphatic carbocycles. The molecule has 0 aliphatic rings. The molecule has 0 fully saturated rings. The lowest BCUT2D eigenvalue weighted by molar-refractivity contribution is 0.269. The van der Waals surface area contributed by atoms with E-state index in [0.29, 0.717) is 6.04 Å². The van der Waals surface area contributed by atoms with Gasteiger partial charge in [-0.1, -0.05) is 0 Å². The Hall–Kier alpha value is 0.100. The van der Waals surface area contributed by atoms with Gasteiger partial charge in [-0.25, -0.2) is 0 Å². The first kappa shape index (κ1) is 15.2. The SMILES string of the molecule is Cc1sc(CNCCCN(C)C(C)C)cc1Br. The lowest BCUT2D eigenvalue weighted by Gasteiger charge is -2.20.